The molecule has 4 aromatic carbocycles. The molecule has 1 aliphatic rings. The maximum absolute atomic E-state index is 5.50. The number of aromatic nitrogens is 1. The number of hydrogen-bond acceptors (Lipinski definition) is 4. The molecular weight excluding hydrogens is 494 g/mol. The van der Waals surface area contributed by atoms with Gasteiger partial charge in [0, 0.05) is 61.1 Å². The first kappa shape index (κ1) is 27.4. The number of rotatable bonds is 7. The molecule has 0 bridgehead atoms. The van der Waals surface area contributed by atoms with Crippen molar-refractivity contribution in [2.75, 3.05) is 51.8 Å². The van der Waals surface area contributed by atoms with Gasteiger partial charge in [0.1, 0.15) is 0 Å². The first-order valence-electron chi connectivity index (χ1n) is 14.0. The number of anilines is 1. The minimum Gasteiger partial charge on any atom is -0.493 e. The number of H-pyrrole nitrogens is 1. The van der Waals surface area contributed by atoms with Gasteiger partial charge in [0.2, 0.25) is 0 Å². The van der Waals surface area contributed by atoms with Crippen molar-refractivity contribution in [3.05, 3.63) is 114 Å². The van der Waals surface area contributed by atoms with Crippen LogP contribution in [0.25, 0.3) is 22.0 Å². The second-order valence-electron chi connectivity index (χ2n) is 10.1. The van der Waals surface area contributed by atoms with E-state index in [1.807, 2.05) is 18.2 Å². The summed E-state index contributed by atoms with van der Waals surface area (Å²) in [6, 6.07) is 35.6. The molecule has 1 aromatic heterocycles. The molecule has 0 amide bonds. The lowest BCUT2D eigenvalue weighted by Gasteiger charge is -2.36. The molecule has 5 heteroatoms. The predicted molar refractivity (Wildman–Crippen MR) is 167 cm³/mol. The van der Waals surface area contributed by atoms with Gasteiger partial charge in [0.25, 0.3) is 0 Å². The third-order valence-electron chi connectivity index (χ3n) is 7.68. The normalized spacial score (nSPS) is 13.5. The number of ether oxygens (including phenoxy) is 2. The SMILES string of the molecule is COc1cc2[nH]c(C)c(CCN3CCN(c4ccccc4)CC3)c2cc1OC.c1ccc(-c2ccccc2)cc1. The average Bonchev–Trinajstić information content (AvgIpc) is 3.34. The zero-order chi connectivity index (χ0) is 27.7. The largest absolute Gasteiger partial charge is 0.493 e. The lowest BCUT2D eigenvalue weighted by atomic mass is 10.1. The standard InChI is InChI=1S/C23H29N3O2.C12H10/c1-17-19(20-15-22(27-2)23(28-3)16-21(20)24-17)9-10-25-11-13-26(14-12-25)18-7-5-4-6-8-18;1-3-7-11(8-4-1)12-9-5-2-6-10-12/h4-8,15-16,24H,9-14H2,1-3H3;1-10H. The molecule has 206 valence electrons. The van der Waals surface area contributed by atoms with E-state index in [-0.39, 0.29) is 0 Å². The number of fused-ring (bicyclic) bond motifs is 1. The van der Waals surface area contributed by atoms with E-state index in [4.69, 9.17) is 9.47 Å². The van der Waals surface area contributed by atoms with E-state index in [1.165, 1.54) is 33.5 Å². The highest BCUT2D eigenvalue weighted by molar-refractivity contribution is 5.88. The maximum Gasteiger partial charge on any atom is 0.162 e. The first-order valence-corrected chi connectivity index (χ1v) is 14.0. The molecule has 0 saturated carbocycles. The van der Waals surface area contributed by atoms with Gasteiger partial charge in [0.05, 0.1) is 14.2 Å². The van der Waals surface area contributed by atoms with Crippen molar-refractivity contribution in [1.29, 1.82) is 0 Å². The van der Waals surface area contributed by atoms with Crippen LogP contribution in [0.1, 0.15) is 11.3 Å². The van der Waals surface area contributed by atoms with Crippen LogP contribution < -0.4 is 14.4 Å². The molecule has 1 aliphatic heterocycles. The molecule has 40 heavy (non-hydrogen) atoms. The molecule has 1 saturated heterocycles. The van der Waals surface area contributed by atoms with Gasteiger partial charge in [-0.2, -0.15) is 0 Å². The molecule has 2 heterocycles. The van der Waals surface area contributed by atoms with E-state index in [2.05, 4.69) is 107 Å². The van der Waals surface area contributed by atoms with Crippen molar-refractivity contribution >= 4 is 16.6 Å². The van der Waals surface area contributed by atoms with Gasteiger partial charge in [-0.1, -0.05) is 78.9 Å². The van der Waals surface area contributed by atoms with Crippen LogP contribution in [-0.4, -0.2) is 56.8 Å². The van der Waals surface area contributed by atoms with Crippen LogP contribution in [0.2, 0.25) is 0 Å². The summed E-state index contributed by atoms with van der Waals surface area (Å²) in [5, 5.41) is 1.23. The Labute approximate surface area is 238 Å². The third-order valence-corrected chi connectivity index (χ3v) is 7.68. The van der Waals surface area contributed by atoms with Gasteiger partial charge in [-0.05, 0) is 48.2 Å². The molecule has 1 N–H and O–H groups in total. The predicted octanol–water partition coefficient (Wildman–Crippen LogP) is 7.21. The first-order chi connectivity index (χ1) is 19.7. The van der Waals surface area contributed by atoms with Gasteiger partial charge in [-0.25, -0.2) is 0 Å². The average molecular weight is 534 g/mol. The Kier molecular flexibility index (Phi) is 9.04. The molecule has 0 atom stereocenters. The zero-order valence-electron chi connectivity index (χ0n) is 23.8. The molecular formula is C35H39N3O2. The summed E-state index contributed by atoms with van der Waals surface area (Å²) < 4.78 is 10.9. The van der Waals surface area contributed by atoms with Crippen LogP contribution in [0.15, 0.2) is 103 Å². The number of benzene rings is 4. The van der Waals surface area contributed by atoms with Crippen molar-refractivity contribution in [1.82, 2.24) is 9.88 Å². The highest BCUT2D eigenvalue weighted by Gasteiger charge is 2.19. The Balaban J connectivity index is 0.000000223. The van der Waals surface area contributed by atoms with Crippen LogP contribution in [0.4, 0.5) is 5.69 Å². The molecule has 1 fully saturated rings. The number of nitrogens with one attached hydrogen (secondary N) is 1. The highest BCUT2D eigenvalue weighted by Crippen LogP contribution is 2.35. The Morgan fingerprint density at radius 1 is 0.675 bits per heavy atom. The van der Waals surface area contributed by atoms with Crippen LogP contribution in [-0.2, 0) is 6.42 Å². The summed E-state index contributed by atoms with van der Waals surface area (Å²) in [5.74, 6) is 1.55. The Morgan fingerprint density at radius 3 is 1.75 bits per heavy atom. The van der Waals surface area contributed by atoms with Gasteiger partial charge in [-0.15, -0.1) is 0 Å². The Hall–Kier alpha value is -4.22. The van der Waals surface area contributed by atoms with Crippen LogP contribution in [0, 0.1) is 6.92 Å². The molecule has 6 rings (SSSR count). The fraction of sp³-hybridized carbons (Fsp3) is 0.257. The Morgan fingerprint density at radius 2 is 1.20 bits per heavy atom. The molecule has 0 radical (unpaired) electrons. The van der Waals surface area contributed by atoms with E-state index in [0.717, 1.165) is 56.2 Å². The number of piperazine rings is 1. The summed E-state index contributed by atoms with van der Waals surface area (Å²) in [6.45, 7) is 7.61. The summed E-state index contributed by atoms with van der Waals surface area (Å²) in [7, 11) is 3.37. The van der Waals surface area contributed by atoms with Crippen molar-refractivity contribution in [2.45, 2.75) is 13.3 Å². The van der Waals surface area contributed by atoms with E-state index in [0.29, 0.717) is 0 Å². The summed E-state index contributed by atoms with van der Waals surface area (Å²) in [6.07, 6.45) is 1.03. The molecule has 0 spiro atoms. The number of hydrogen-bond donors (Lipinski definition) is 1. The topological polar surface area (TPSA) is 40.7 Å². The third kappa shape index (κ3) is 6.49. The minimum absolute atomic E-state index is 0.764. The van der Waals surface area contributed by atoms with E-state index in [9.17, 15) is 0 Å². The highest BCUT2D eigenvalue weighted by atomic mass is 16.5. The second kappa shape index (κ2) is 13.2. The van der Waals surface area contributed by atoms with E-state index >= 15 is 0 Å². The fourth-order valence-electron chi connectivity index (χ4n) is 5.43. The number of nitrogens with zero attached hydrogens (tertiary/aromatic N) is 2. The number of para-hydroxylation sites is 1. The summed E-state index contributed by atoms with van der Waals surface area (Å²) in [4.78, 5) is 8.55. The van der Waals surface area contributed by atoms with Crippen molar-refractivity contribution in [3.8, 4) is 22.6 Å². The number of aromatic amines is 1. The zero-order valence-corrected chi connectivity index (χ0v) is 23.8. The molecule has 5 nitrogen and oxygen atoms in total. The number of aryl methyl sites for hydroxylation is 1. The van der Waals surface area contributed by atoms with Crippen LogP contribution in [0.5, 0.6) is 11.5 Å². The minimum atomic E-state index is 0.764. The second-order valence-corrected chi connectivity index (χ2v) is 10.1. The Bertz CT molecular complexity index is 1440. The summed E-state index contributed by atoms with van der Waals surface area (Å²) >= 11 is 0. The van der Waals surface area contributed by atoms with Gasteiger partial charge < -0.3 is 19.4 Å². The monoisotopic (exact) mass is 533 g/mol. The van der Waals surface area contributed by atoms with E-state index in [1.54, 1.807) is 14.2 Å². The smallest absolute Gasteiger partial charge is 0.162 e. The van der Waals surface area contributed by atoms with Crippen LogP contribution in [0.3, 0.4) is 0 Å². The lowest BCUT2D eigenvalue weighted by molar-refractivity contribution is 0.261. The van der Waals surface area contributed by atoms with Crippen LogP contribution >= 0.6 is 0 Å². The number of methoxy groups -OCH3 is 2. The van der Waals surface area contributed by atoms with Crippen molar-refractivity contribution < 1.29 is 9.47 Å². The molecule has 0 unspecified atom stereocenters. The van der Waals surface area contributed by atoms with Crippen molar-refractivity contribution in [3.63, 3.8) is 0 Å². The lowest BCUT2D eigenvalue weighted by Crippen LogP contribution is -2.47. The quantitative estimate of drug-likeness (QED) is 0.240. The maximum atomic E-state index is 5.50. The van der Waals surface area contributed by atoms with E-state index < -0.39 is 0 Å². The van der Waals surface area contributed by atoms with Gasteiger partial charge in [0.15, 0.2) is 11.5 Å². The summed E-state index contributed by atoms with van der Waals surface area (Å²) in [5.41, 5.74) is 7.60. The molecule has 5 aromatic rings. The fourth-order valence-corrected chi connectivity index (χ4v) is 5.43. The van der Waals surface area contributed by atoms with Crippen molar-refractivity contribution in [2.24, 2.45) is 0 Å². The van der Waals surface area contributed by atoms with Gasteiger partial charge in [-0.3, -0.25) is 4.90 Å². The molecule has 0 aliphatic carbocycles. The van der Waals surface area contributed by atoms with Gasteiger partial charge >= 0.3 is 0 Å².